The molecule has 0 saturated carbocycles. The fourth-order valence-electron chi connectivity index (χ4n) is 1.15. The van der Waals surface area contributed by atoms with Gasteiger partial charge in [-0.05, 0) is 0 Å². The number of carbonyl (C=O) groups is 1. The van der Waals surface area contributed by atoms with Gasteiger partial charge in [-0.3, -0.25) is 0 Å². The van der Waals surface area contributed by atoms with Gasteiger partial charge in [-0.2, -0.15) is 0 Å². The van der Waals surface area contributed by atoms with E-state index in [0.717, 1.165) is 6.07 Å². The second-order valence-corrected chi connectivity index (χ2v) is 2.62. The van der Waals surface area contributed by atoms with Crippen LogP contribution in [0.15, 0.2) is 6.07 Å². The third-order valence-corrected chi connectivity index (χ3v) is 1.81. The molecule has 0 atom stereocenters. The molecule has 0 saturated heterocycles. The van der Waals surface area contributed by atoms with Crippen molar-refractivity contribution in [3.63, 3.8) is 0 Å². The number of benzene rings is 1. The van der Waals surface area contributed by atoms with Gasteiger partial charge in [0.25, 0.3) is 0 Å². The number of carboxylic acids is 1. The lowest BCUT2D eigenvalue weighted by Crippen LogP contribution is -2.04. The Kier molecular flexibility index (Phi) is 2.99. The summed E-state index contributed by atoms with van der Waals surface area (Å²) in [6.45, 7) is 0. The highest BCUT2D eigenvalue weighted by molar-refractivity contribution is 5.95. The van der Waals surface area contributed by atoms with Crippen LogP contribution in [0.25, 0.3) is 0 Å². The summed E-state index contributed by atoms with van der Waals surface area (Å²) in [5, 5.41) is 18.0. The number of hydrogen-bond acceptors (Lipinski definition) is 4. The van der Waals surface area contributed by atoms with E-state index in [1.54, 1.807) is 0 Å². The largest absolute Gasteiger partial charge is 0.504 e. The average Bonchev–Trinajstić information content (AvgIpc) is 2.20. The van der Waals surface area contributed by atoms with E-state index in [4.69, 9.17) is 14.6 Å². The molecule has 0 fully saturated rings. The maximum Gasteiger partial charge on any atom is 0.343 e. The van der Waals surface area contributed by atoms with Crippen molar-refractivity contribution in [1.29, 1.82) is 0 Å². The number of carboxylic acid groups (broad SMARTS) is 1. The molecule has 82 valence electrons. The molecule has 1 aromatic carbocycles. The van der Waals surface area contributed by atoms with E-state index in [9.17, 15) is 14.3 Å². The molecule has 0 aliphatic carbocycles. The minimum absolute atomic E-state index is 0.0924. The predicted molar refractivity (Wildman–Crippen MR) is 48.1 cm³/mol. The van der Waals surface area contributed by atoms with Crippen LogP contribution in [-0.4, -0.2) is 30.4 Å². The first-order valence-electron chi connectivity index (χ1n) is 3.89. The van der Waals surface area contributed by atoms with Crippen LogP contribution in [0.2, 0.25) is 0 Å². The highest BCUT2D eigenvalue weighted by atomic mass is 19.1. The molecule has 2 N–H and O–H groups in total. The van der Waals surface area contributed by atoms with E-state index in [-0.39, 0.29) is 11.5 Å². The summed E-state index contributed by atoms with van der Waals surface area (Å²) < 4.78 is 22.5. The van der Waals surface area contributed by atoms with Crippen LogP contribution in [-0.2, 0) is 0 Å². The van der Waals surface area contributed by atoms with Crippen molar-refractivity contribution in [2.75, 3.05) is 14.2 Å². The quantitative estimate of drug-likeness (QED) is 0.795. The molecular weight excluding hydrogens is 207 g/mol. The van der Waals surface area contributed by atoms with Gasteiger partial charge in [-0.25, -0.2) is 9.18 Å². The van der Waals surface area contributed by atoms with Crippen molar-refractivity contribution >= 4 is 5.97 Å². The maximum atomic E-state index is 13.1. The minimum Gasteiger partial charge on any atom is -0.504 e. The zero-order chi connectivity index (χ0) is 11.6. The van der Waals surface area contributed by atoms with Gasteiger partial charge in [0.15, 0.2) is 23.1 Å². The number of methoxy groups -OCH3 is 2. The molecule has 0 heterocycles. The van der Waals surface area contributed by atoms with Crippen molar-refractivity contribution in [2.24, 2.45) is 0 Å². The minimum atomic E-state index is -1.50. The summed E-state index contributed by atoms with van der Waals surface area (Å²) in [6, 6.07) is 0.848. The summed E-state index contributed by atoms with van der Waals surface area (Å²) in [5.41, 5.74) is -0.658. The van der Waals surface area contributed by atoms with Crippen LogP contribution in [0.1, 0.15) is 10.4 Å². The lowest BCUT2D eigenvalue weighted by atomic mass is 10.1. The first-order chi connectivity index (χ1) is 7.02. The molecule has 0 bridgehead atoms. The number of rotatable bonds is 3. The van der Waals surface area contributed by atoms with Crippen LogP contribution in [0.5, 0.6) is 17.2 Å². The Morgan fingerprint density at radius 1 is 1.40 bits per heavy atom. The fourth-order valence-corrected chi connectivity index (χ4v) is 1.15. The molecule has 15 heavy (non-hydrogen) atoms. The van der Waals surface area contributed by atoms with Gasteiger partial charge in [0.2, 0.25) is 0 Å². The zero-order valence-electron chi connectivity index (χ0n) is 8.07. The third kappa shape index (κ3) is 1.78. The van der Waals surface area contributed by atoms with Gasteiger partial charge in [-0.15, -0.1) is 0 Å². The lowest BCUT2D eigenvalue weighted by molar-refractivity contribution is 0.0688. The topological polar surface area (TPSA) is 76.0 Å². The molecular formula is C9H9FO5. The summed E-state index contributed by atoms with van der Waals surface area (Å²) in [5.74, 6) is -3.86. The molecule has 0 aromatic heterocycles. The van der Waals surface area contributed by atoms with Gasteiger partial charge in [0, 0.05) is 6.07 Å². The van der Waals surface area contributed by atoms with Crippen molar-refractivity contribution in [2.45, 2.75) is 0 Å². The van der Waals surface area contributed by atoms with Crippen molar-refractivity contribution in [3.8, 4) is 17.2 Å². The van der Waals surface area contributed by atoms with E-state index in [2.05, 4.69) is 0 Å². The predicted octanol–water partition coefficient (Wildman–Crippen LogP) is 1.25. The monoisotopic (exact) mass is 216 g/mol. The molecule has 1 rings (SSSR count). The van der Waals surface area contributed by atoms with Crippen molar-refractivity contribution < 1.29 is 28.9 Å². The van der Waals surface area contributed by atoms with E-state index in [1.165, 1.54) is 14.2 Å². The van der Waals surface area contributed by atoms with Crippen LogP contribution in [0.4, 0.5) is 4.39 Å². The molecule has 0 aliphatic rings. The second kappa shape index (κ2) is 4.04. The van der Waals surface area contributed by atoms with Gasteiger partial charge in [0.05, 0.1) is 14.2 Å². The van der Waals surface area contributed by atoms with E-state index < -0.39 is 23.1 Å². The van der Waals surface area contributed by atoms with E-state index in [0.29, 0.717) is 0 Å². The highest BCUT2D eigenvalue weighted by Crippen LogP contribution is 2.38. The van der Waals surface area contributed by atoms with Crippen molar-refractivity contribution in [3.05, 3.63) is 17.4 Å². The number of aromatic hydroxyl groups is 1. The van der Waals surface area contributed by atoms with Crippen molar-refractivity contribution in [1.82, 2.24) is 0 Å². The fraction of sp³-hybridized carbons (Fsp3) is 0.222. The van der Waals surface area contributed by atoms with Crippen LogP contribution >= 0.6 is 0 Å². The molecule has 0 unspecified atom stereocenters. The summed E-state index contributed by atoms with van der Waals surface area (Å²) in [6.07, 6.45) is 0. The summed E-state index contributed by atoms with van der Waals surface area (Å²) >= 11 is 0. The third-order valence-electron chi connectivity index (χ3n) is 1.81. The first-order valence-corrected chi connectivity index (χ1v) is 3.89. The van der Waals surface area contributed by atoms with E-state index >= 15 is 0 Å². The van der Waals surface area contributed by atoms with Gasteiger partial charge in [-0.1, -0.05) is 0 Å². The number of ether oxygens (including phenoxy) is 2. The Hall–Kier alpha value is -1.98. The SMILES string of the molecule is COc1cc(F)c(O)c(C(=O)O)c1OC. The Bertz CT molecular complexity index is 402. The lowest BCUT2D eigenvalue weighted by Gasteiger charge is -2.11. The molecule has 1 aromatic rings. The van der Waals surface area contributed by atoms with E-state index in [1.807, 2.05) is 0 Å². The molecule has 6 heteroatoms. The Labute approximate surface area is 84.7 Å². The molecule has 0 spiro atoms. The molecule has 0 aliphatic heterocycles. The zero-order valence-corrected chi connectivity index (χ0v) is 8.07. The molecule has 5 nitrogen and oxygen atoms in total. The summed E-state index contributed by atoms with van der Waals surface area (Å²) in [7, 11) is 2.43. The molecule has 0 amide bonds. The number of hydrogen-bond donors (Lipinski definition) is 2. The Balaban J connectivity index is 3.56. The van der Waals surface area contributed by atoms with Crippen LogP contribution in [0.3, 0.4) is 0 Å². The first kappa shape index (κ1) is 11.1. The standard InChI is InChI=1S/C9H9FO5/c1-14-5-3-4(10)7(11)6(9(12)13)8(5)15-2/h3,11H,1-2H3,(H,12,13). The van der Waals surface area contributed by atoms with Gasteiger partial charge >= 0.3 is 5.97 Å². The maximum absolute atomic E-state index is 13.1. The Morgan fingerprint density at radius 2 is 2.00 bits per heavy atom. The van der Waals surface area contributed by atoms with Gasteiger partial charge < -0.3 is 19.7 Å². The molecule has 0 radical (unpaired) electrons. The van der Waals surface area contributed by atoms with Crippen LogP contribution < -0.4 is 9.47 Å². The summed E-state index contributed by atoms with van der Waals surface area (Å²) in [4.78, 5) is 10.8. The average molecular weight is 216 g/mol. The normalized spacial score (nSPS) is 9.80. The number of phenols is 1. The van der Waals surface area contributed by atoms with Crippen LogP contribution in [0, 0.1) is 5.82 Å². The smallest absolute Gasteiger partial charge is 0.343 e. The highest BCUT2D eigenvalue weighted by Gasteiger charge is 2.24. The van der Waals surface area contributed by atoms with Gasteiger partial charge in [0.1, 0.15) is 5.56 Å². The number of aromatic carboxylic acids is 1. The Morgan fingerprint density at radius 3 is 2.40 bits per heavy atom. The second-order valence-electron chi connectivity index (χ2n) is 2.62. The number of halogens is 1.